The van der Waals surface area contributed by atoms with Crippen LogP contribution in [-0.2, 0) is 12.1 Å². The van der Waals surface area contributed by atoms with Crippen molar-refractivity contribution < 1.29 is 0 Å². The molecule has 3 atom stereocenters. The summed E-state index contributed by atoms with van der Waals surface area (Å²) in [7, 11) is 0. The lowest BCUT2D eigenvalue weighted by molar-refractivity contribution is 0.396. The maximum absolute atomic E-state index is 5.63. The van der Waals surface area contributed by atoms with Gasteiger partial charge in [-0.2, -0.15) is 0 Å². The number of hydrogen-bond acceptors (Lipinski definition) is 3. The smallest absolute Gasteiger partial charge is 0.153 e. The Morgan fingerprint density at radius 1 is 0.750 bits per heavy atom. The summed E-state index contributed by atoms with van der Waals surface area (Å²) in [5.41, 5.74) is 14.1. The minimum atomic E-state index is -0.684. The molecule has 48 heavy (non-hydrogen) atoms. The van der Waals surface area contributed by atoms with E-state index < -0.39 is 5.66 Å². The van der Waals surface area contributed by atoms with Crippen molar-refractivity contribution in [1.82, 2.24) is 10.3 Å². The van der Waals surface area contributed by atoms with Crippen molar-refractivity contribution in [2.75, 3.05) is 0 Å². The van der Waals surface area contributed by atoms with Crippen LogP contribution >= 0.6 is 0 Å². The van der Waals surface area contributed by atoms with Gasteiger partial charge < -0.3 is 5.32 Å². The van der Waals surface area contributed by atoms with E-state index in [1.54, 1.807) is 0 Å². The Kier molecular flexibility index (Phi) is 6.76. The van der Waals surface area contributed by atoms with Crippen molar-refractivity contribution in [3.63, 3.8) is 0 Å². The summed E-state index contributed by atoms with van der Waals surface area (Å²) in [5, 5.41) is 6.60. The highest BCUT2D eigenvalue weighted by Crippen LogP contribution is 2.50. The van der Waals surface area contributed by atoms with Crippen molar-refractivity contribution in [1.29, 1.82) is 0 Å². The van der Waals surface area contributed by atoms with Crippen LogP contribution in [0.15, 0.2) is 150 Å². The van der Waals surface area contributed by atoms with Gasteiger partial charge in [-0.05, 0) is 99.7 Å². The van der Waals surface area contributed by atoms with Crippen molar-refractivity contribution in [3.8, 4) is 22.4 Å². The molecule has 0 saturated heterocycles. The topological polar surface area (TPSA) is 37.3 Å². The van der Waals surface area contributed by atoms with Gasteiger partial charge in [-0.3, -0.25) is 9.98 Å². The van der Waals surface area contributed by atoms with Crippen LogP contribution in [0.1, 0.15) is 65.5 Å². The Hall–Kier alpha value is -5.54. The van der Waals surface area contributed by atoms with Gasteiger partial charge in [0.15, 0.2) is 5.66 Å². The minimum absolute atomic E-state index is 0.143. The average molecular weight is 620 g/mol. The van der Waals surface area contributed by atoms with Crippen molar-refractivity contribution in [3.05, 3.63) is 179 Å². The first-order valence-electron chi connectivity index (χ1n) is 17.1. The standard InChI is InChI=1S/C45H37N3/c1-29-33-14-5-6-16-35(33)37-18-9-10-20-39(37)44(29)43-28-42(40-27-31-13-3-4-15-34(31)36-17-7-8-19-38(36)40)47-45(2,48-43)32-24-22-30(23-25-32)41-21-11-12-26-46-41/h3-7,9-18,20-29,44,48H,8,19H2,1-2H3. The fourth-order valence-electron chi connectivity index (χ4n) is 8.28. The first-order valence-corrected chi connectivity index (χ1v) is 17.1. The minimum Gasteiger partial charge on any atom is -0.361 e. The Labute approximate surface area is 282 Å². The molecule has 3 unspecified atom stereocenters. The number of nitrogens with one attached hydrogen (secondary N) is 1. The third kappa shape index (κ3) is 4.65. The molecule has 0 spiro atoms. The normalized spacial score (nSPS) is 21.0. The number of pyridine rings is 1. The molecule has 2 aliphatic carbocycles. The fraction of sp³-hybridized carbons (Fsp3) is 0.156. The van der Waals surface area contributed by atoms with E-state index in [2.05, 4.69) is 152 Å². The summed E-state index contributed by atoms with van der Waals surface area (Å²) in [5.74, 6) is 0.420. The number of nitrogens with zero attached hydrogens (tertiary/aromatic N) is 2. The SMILES string of the molecule is CC1c2ccccc2-c2ccccc2C1C1=CC(c2cc3ccccc3c3c2CCC=C3)=NC(C)(c2ccc(-c3ccccn3)cc2)N1. The van der Waals surface area contributed by atoms with Crippen LogP contribution < -0.4 is 5.32 Å². The lowest BCUT2D eigenvalue weighted by Gasteiger charge is -2.41. The molecule has 5 aromatic carbocycles. The van der Waals surface area contributed by atoms with Gasteiger partial charge in [-0.1, -0.05) is 122 Å². The first kappa shape index (κ1) is 28.7. The predicted molar refractivity (Wildman–Crippen MR) is 199 cm³/mol. The molecule has 0 saturated carbocycles. The van der Waals surface area contributed by atoms with E-state index in [1.165, 1.54) is 55.4 Å². The zero-order valence-corrected chi connectivity index (χ0v) is 27.3. The Morgan fingerprint density at radius 3 is 2.29 bits per heavy atom. The molecule has 6 aromatic rings. The highest BCUT2D eigenvalue weighted by molar-refractivity contribution is 6.14. The zero-order valence-electron chi connectivity index (χ0n) is 27.3. The number of rotatable bonds is 4. The molecule has 1 aliphatic heterocycles. The van der Waals surface area contributed by atoms with Crippen LogP contribution in [-0.4, -0.2) is 10.7 Å². The summed E-state index contributed by atoms with van der Waals surface area (Å²) < 4.78 is 0. The lowest BCUT2D eigenvalue weighted by atomic mass is 9.70. The van der Waals surface area contributed by atoms with Crippen LogP contribution in [0, 0.1) is 0 Å². The maximum Gasteiger partial charge on any atom is 0.153 e. The molecule has 0 radical (unpaired) electrons. The number of hydrogen-bond donors (Lipinski definition) is 1. The number of aliphatic imine (C=N–C) groups is 1. The number of benzene rings is 5. The molecular weight excluding hydrogens is 583 g/mol. The maximum atomic E-state index is 5.63. The van der Waals surface area contributed by atoms with E-state index >= 15 is 0 Å². The molecule has 1 aromatic heterocycles. The zero-order chi connectivity index (χ0) is 32.2. The molecule has 1 N–H and O–H groups in total. The lowest BCUT2D eigenvalue weighted by Crippen LogP contribution is -2.43. The molecule has 232 valence electrons. The molecule has 0 bridgehead atoms. The van der Waals surface area contributed by atoms with Crippen LogP contribution in [0.3, 0.4) is 0 Å². The fourth-order valence-corrected chi connectivity index (χ4v) is 8.28. The quantitative estimate of drug-likeness (QED) is 0.213. The van der Waals surface area contributed by atoms with Crippen LogP contribution in [0.25, 0.3) is 39.2 Å². The van der Waals surface area contributed by atoms with Gasteiger partial charge in [0.05, 0.1) is 11.4 Å². The molecule has 2 heterocycles. The third-order valence-electron chi connectivity index (χ3n) is 10.6. The molecular formula is C45H37N3. The number of allylic oxidation sites excluding steroid dienone is 3. The van der Waals surface area contributed by atoms with E-state index in [9.17, 15) is 0 Å². The second-order valence-electron chi connectivity index (χ2n) is 13.5. The van der Waals surface area contributed by atoms with E-state index in [0.717, 1.165) is 35.4 Å². The summed E-state index contributed by atoms with van der Waals surface area (Å²) in [6, 6.07) is 43.9. The van der Waals surface area contributed by atoms with Crippen molar-refractivity contribution in [2.24, 2.45) is 4.99 Å². The molecule has 0 fully saturated rings. The van der Waals surface area contributed by atoms with Gasteiger partial charge >= 0.3 is 0 Å². The van der Waals surface area contributed by atoms with Crippen LogP contribution in [0.4, 0.5) is 0 Å². The Balaban J connectivity index is 1.24. The summed E-state index contributed by atoms with van der Waals surface area (Å²) in [4.78, 5) is 10.2. The van der Waals surface area contributed by atoms with Gasteiger partial charge in [0, 0.05) is 28.9 Å². The van der Waals surface area contributed by atoms with Gasteiger partial charge in [0.25, 0.3) is 0 Å². The molecule has 9 rings (SSSR count). The Bertz CT molecular complexity index is 2290. The summed E-state index contributed by atoms with van der Waals surface area (Å²) in [6.07, 6.45) is 10.9. The van der Waals surface area contributed by atoms with Crippen LogP contribution in [0.2, 0.25) is 0 Å². The van der Waals surface area contributed by atoms with Crippen LogP contribution in [0.5, 0.6) is 0 Å². The summed E-state index contributed by atoms with van der Waals surface area (Å²) >= 11 is 0. The largest absolute Gasteiger partial charge is 0.361 e. The van der Waals surface area contributed by atoms with E-state index in [1.807, 2.05) is 18.3 Å². The number of fused-ring (bicyclic) bond motifs is 6. The van der Waals surface area contributed by atoms with Gasteiger partial charge in [0.2, 0.25) is 0 Å². The average Bonchev–Trinajstić information content (AvgIpc) is 3.15. The number of aromatic nitrogens is 1. The molecule has 3 aliphatic rings. The summed E-state index contributed by atoms with van der Waals surface area (Å²) in [6.45, 7) is 4.62. The second kappa shape index (κ2) is 11.3. The van der Waals surface area contributed by atoms with E-state index in [-0.39, 0.29) is 11.8 Å². The third-order valence-corrected chi connectivity index (χ3v) is 10.6. The Morgan fingerprint density at radius 2 is 1.48 bits per heavy atom. The molecule has 0 amide bonds. The van der Waals surface area contributed by atoms with E-state index in [0.29, 0.717) is 0 Å². The van der Waals surface area contributed by atoms with Crippen molar-refractivity contribution >= 4 is 22.6 Å². The van der Waals surface area contributed by atoms with Gasteiger partial charge in [-0.25, -0.2) is 0 Å². The van der Waals surface area contributed by atoms with Gasteiger partial charge in [0.1, 0.15) is 0 Å². The predicted octanol–water partition coefficient (Wildman–Crippen LogP) is 10.6. The second-order valence-corrected chi connectivity index (χ2v) is 13.5. The van der Waals surface area contributed by atoms with Crippen molar-refractivity contribution in [2.45, 2.75) is 44.2 Å². The van der Waals surface area contributed by atoms with Gasteiger partial charge in [-0.15, -0.1) is 0 Å². The molecule has 3 nitrogen and oxygen atoms in total. The van der Waals surface area contributed by atoms with E-state index in [4.69, 9.17) is 4.99 Å². The monoisotopic (exact) mass is 619 g/mol. The molecule has 3 heteroatoms. The highest BCUT2D eigenvalue weighted by Gasteiger charge is 2.39. The first-order chi connectivity index (χ1) is 23.6. The highest BCUT2D eigenvalue weighted by atomic mass is 15.2.